The lowest BCUT2D eigenvalue weighted by Crippen LogP contribution is -2.06. The molecule has 150 valence electrons. The van der Waals surface area contributed by atoms with E-state index in [0.717, 1.165) is 22.6 Å². The highest BCUT2D eigenvalue weighted by Gasteiger charge is 2.08. The molecule has 4 nitrogen and oxygen atoms in total. The van der Waals surface area contributed by atoms with E-state index in [0.29, 0.717) is 30.3 Å². The van der Waals surface area contributed by atoms with Gasteiger partial charge in [-0.25, -0.2) is 4.79 Å². The Bertz CT molecular complexity index is 970. The summed E-state index contributed by atoms with van der Waals surface area (Å²) in [4.78, 5) is 11.8. The fourth-order valence-corrected chi connectivity index (χ4v) is 3.09. The predicted molar refractivity (Wildman–Crippen MR) is 117 cm³/mol. The zero-order valence-corrected chi connectivity index (χ0v) is 17.3. The third-order valence-corrected chi connectivity index (χ3v) is 4.78. The van der Waals surface area contributed by atoms with Gasteiger partial charge in [0.25, 0.3) is 0 Å². The monoisotopic (exact) mass is 409 g/mol. The summed E-state index contributed by atoms with van der Waals surface area (Å²) in [5.41, 5.74) is 4.73. The van der Waals surface area contributed by atoms with Crippen LogP contribution in [-0.4, -0.2) is 12.6 Å². The highest BCUT2D eigenvalue weighted by atomic mass is 35.5. The van der Waals surface area contributed by atoms with Crippen molar-refractivity contribution in [2.45, 2.75) is 27.0 Å². The zero-order valence-electron chi connectivity index (χ0n) is 16.6. The van der Waals surface area contributed by atoms with Crippen LogP contribution < -0.4 is 10.1 Å². The van der Waals surface area contributed by atoms with Gasteiger partial charge in [0.05, 0.1) is 12.2 Å². The molecule has 29 heavy (non-hydrogen) atoms. The van der Waals surface area contributed by atoms with Crippen molar-refractivity contribution in [3.63, 3.8) is 0 Å². The maximum atomic E-state index is 11.8. The first-order chi connectivity index (χ1) is 14.1. The van der Waals surface area contributed by atoms with Crippen molar-refractivity contribution in [1.82, 2.24) is 0 Å². The zero-order chi connectivity index (χ0) is 20.6. The number of hydrogen-bond donors (Lipinski definition) is 1. The number of carbonyl (C=O) groups is 1. The Morgan fingerprint density at radius 2 is 1.76 bits per heavy atom. The number of nitrogens with one attached hydrogen (secondary N) is 1. The molecule has 3 rings (SSSR count). The third-order valence-electron chi connectivity index (χ3n) is 4.55. The molecule has 3 aromatic carbocycles. The van der Waals surface area contributed by atoms with Crippen LogP contribution in [0.2, 0.25) is 5.02 Å². The van der Waals surface area contributed by atoms with E-state index in [1.54, 1.807) is 19.1 Å². The van der Waals surface area contributed by atoms with Crippen molar-refractivity contribution in [2.75, 3.05) is 11.9 Å². The van der Waals surface area contributed by atoms with Gasteiger partial charge in [-0.3, -0.25) is 0 Å². The number of ether oxygens (including phenoxy) is 2. The van der Waals surface area contributed by atoms with Gasteiger partial charge in [-0.05, 0) is 67.4 Å². The fraction of sp³-hybridized carbons (Fsp3) is 0.208. The van der Waals surface area contributed by atoms with Crippen LogP contribution in [0.25, 0.3) is 0 Å². The molecule has 0 saturated carbocycles. The average Bonchev–Trinajstić information content (AvgIpc) is 2.73. The molecule has 0 aliphatic carbocycles. The summed E-state index contributed by atoms with van der Waals surface area (Å²) in [6, 6.07) is 21.0. The summed E-state index contributed by atoms with van der Waals surface area (Å²) in [5, 5.41) is 4.00. The molecule has 0 spiro atoms. The van der Waals surface area contributed by atoms with Gasteiger partial charge in [-0.1, -0.05) is 35.9 Å². The molecular formula is C24H24ClNO3. The van der Waals surface area contributed by atoms with E-state index >= 15 is 0 Å². The van der Waals surface area contributed by atoms with Crippen molar-refractivity contribution in [3.8, 4) is 5.75 Å². The smallest absolute Gasteiger partial charge is 0.338 e. The lowest BCUT2D eigenvalue weighted by atomic mass is 10.1. The van der Waals surface area contributed by atoms with E-state index in [-0.39, 0.29) is 5.97 Å². The number of rotatable bonds is 8. The molecule has 0 aromatic heterocycles. The molecule has 5 heteroatoms. The first-order valence-corrected chi connectivity index (χ1v) is 9.91. The van der Waals surface area contributed by atoms with Crippen LogP contribution in [0.1, 0.15) is 34.0 Å². The number of carbonyl (C=O) groups excluding carboxylic acids is 1. The summed E-state index contributed by atoms with van der Waals surface area (Å²) < 4.78 is 11.1. The second-order valence-corrected chi connectivity index (χ2v) is 7.06. The van der Waals surface area contributed by atoms with E-state index in [1.165, 1.54) is 5.56 Å². The summed E-state index contributed by atoms with van der Waals surface area (Å²) in [5.74, 6) is 0.467. The molecule has 1 N–H and O–H groups in total. The van der Waals surface area contributed by atoms with Crippen molar-refractivity contribution in [2.24, 2.45) is 0 Å². The minimum absolute atomic E-state index is 0.319. The number of benzene rings is 3. The first-order valence-electron chi connectivity index (χ1n) is 9.53. The molecule has 0 unspecified atom stereocenters. The van der Waals surface area contributed by atoms with Gasteiger partial charge in [0, 0.05) is 22.8 Å². The van der Waals surface area contributed by atoms with Gasteiger partial charge in [0.1, 0.15) is 12.4 Å². The molecule has 0 saturated heterocycles. The van der Waals surface area contributed by atoms with E-state index in [4.69, 9.17) is 21.1 Å². The molecule has 0 aliphatic rings. The van der Waals surface area contributed by atoms with Crippen LogP contribution >= 0.6 is 11.6 Å². The average molecular weight is 410 g/mol. The molecule has 0 atom stereocenters. The summed E-state index contributed by atoms with van der Waals surface area (Å²) in [7, 11) is 0. The number of halogens is 1. The Morgan fingerprint density at radius 3 is 2.48 bits per heavy atom. The topological polar surface area (TPSA) is 47.6 Å². The Morgan fingerprint density at radius 1 is 1.00 bits per heavy atom. The highest BCUT2D eigenvalue weighted by Crippen LogP contribution is 2.25. The molecule has 0 radical (unpaired) electrons. The molecule has 0 bridgehead atoms. The Labute approximate surface area is 176 Å². The van der Waals surface area contributed by atoms with Gasteiger partial charge in [0.2, 0.25) is 0 Å². The Kier molecular flexibility index (Phi) is 7.14. The van der Waals surface area contributed by atoms with Crippen molar-refractivity contribution >= 4 is 23.3 Å². The maximum Gasteiger partial charge on any atom is 0.338 e. The number of hydrogen-bond acceptors (Lipinski definition) is 4. The van der Waals surface area contributed by atoms with Gasteiger partial charge < -0.3 is 14.8 Å². The van der Waals surface area contributed by atoms with Crippen LogP contribution in [-0.2, 0) is 17.9 Å². The summed E-state index contributed by atoms with van der Waals surface area (Å²) in [6.07, 6.45) is 0. The van der Waals surface area contributed by atoms with Crippen molar-refractivity contribution < 1.29 is 14.3 Å². The lowest BCUT2D eigenvalue weighted by molar-refractivity contribution is 0.0526. The minimum atomic E-state index is -0.319. The van der Waals surface area contributed by atoms with Crippen LogP contribution in [0.5, 0.6) is 5.75 Å². The van der Waals surface area contributed by atoms with Crippen LogP contribution in [0.4, 0.5) is 5.69 Å². The first kappa shape index (κ1) is 20.7. The number of aryl methyl sites for hydroxylation is 1. The largest absolute Gasteiger partial charge is 0.489 e. The third kappa shape index (κ3) is 5.75. The summed E-state index contributed by atoms with van der Waals surface area (Å²) >= 11 is 6.19. The van der Waals surface area contributed by atoms with E-state index in [9.17, 15) is 4.79 Å². The van der Waals surface area contributed by atoms with E-state index in [1.807, 2.05) is 42.5 Å². The maximum absolute atomic E-state index is 11.8. The molecule has 0 amide bonds. The highest BCUT2D eigenvalue weighted by molar-refractivity contribution is 6.30. The molecule has 3 aromatic rings. The predicted octanol–water partition coefficient (Wildman–Crippen LogP) is 6.02. The molecule has 0 aliphatic heterocycles. The molecule has 0 fully saturated rings. The van der Waals surface area contributed by atoms with Gasteiger partial charge in [-0.15, -0.1) is 0 Å². The Hall–Kier alpha value is -2.98. The van der Waals surface area contributed by atoms with Gasteiger partial charge in [-0.2, -0.15) is 0 Å². The van der Waals surface area contributed by atoms with Crippen molar-refractivity contribution in [3.05, 3.63) is 94.0 Å². The van der Waals surface area contributed by atoms with Crippen LogP contribution in [0, 0.1) is 6.92 Å². The van der Waals surface area contributed by atoms with E-state index < -0.39 is 0 Å². The second kappa shape index (κ2) is 9.99. The summed E-state index contributed by atoms with van der Waals surface area (Å²) in [6.45, 7) is 5.26. The quantitative estimate of drug-likeness (QED) is 0.462. The molecule has 0 heterocycles. The number of esters is 1. The van der Waals surface area contributed by atoms with Gasteiger partial charge >= 0.3 is 5.97 Å². The van der Waals surface area contributed by atoms with Crippen LogP contribution in [0.15, 0.2) is 66.7 Å². The normalized spacial score (nSPS) is 10.4. The van der Waals surface area contributed by atoms with Gasteiger partial charge in [0.15, 0.2) is 0 Å². The fourth-order valence-electron chi connectivity index (χ4n) is 2.89. The van der Waals surface area contributed by atoms with Crippen LogP contribution in [0.3, 0.4) is 0 Å². The Balaban J connectivity index is 1.66. The number of anilines is 1. The lowest BCUT2D eigenvalue weighted by Gasteiger charge is -2.14. The van der Waals surface area contributed by atoms with Crippen molar-refractivity contribution in [1.29, 1.82) is 0 Å². The molecular weight excluding hydrogens is 386 g/mol. The SMILES string of the molecule is CCOC(=O)c1ccc(NCc2cc(Cl)ccc2OCc2ccccc2C)cc1. The minimum Gasteiger partial charge on any atom is -0.489 e. The van der Waals surface area contributed by atoms with E-state index in [2.05, 4.69) is 24.4 Å². The standard InChI is InChI=1S/C24H24ClNO3/c1-3-28-24(27)18-8-11-22(12-9-18)26-15-20-14-21(25)10-13-23(20)29-16-19-7-5-4-6-17(19)2/h4-14,26H,3,15-16H2,1-2H3. The second-order valence-electron chi connectivity index (χ2n) is 6.62.